The van der Waals surface area contributed by atoms with Crippen LogP contribution in [0, 0.1) is 11.8 Å². The van der Waals surface area contributed by atoms with Crippen LogP contribution in [0.2, 0.25) is 0 Å². The molecule has 2 aliphatic carbocycles. The molecule has 1 aliphatic heterocycles. The Kier molecular flexibility index (Phi) is 3.96. The Morgan fingerprint density at radius 3 is 2.70 bits per heavy atom. The van der Waals surface area contributed by atoms with E-state index in [1.54, 1.807) is 0 Å². The largest absolute Gasteiger partial charge is 0.393 e. The van der Waals surface area contributed by atoms with E-state index in [-0.39, 0.29) is 29.8 Å². The Hall–Kier alpha value is -1.10. The molecule has 0 aromatic heterocycles. The van der Waals surface area contributed by atoms with Gasteiger partial charge in [-0.1, -0.05) is 12.8 Å². The fraction of sp³-hybridized carbons (Fsp3) is 0.867. The molecule has 1 saturated heterocycles. The number of carbonyl (C=O) groups excluding carboxylic acids is 2. The van der Waals surface area contributed by atoms with Crippen LogP contribution < -0.4 is 5.32 Å². The normalized spacial score (nSPS) is 34.4. The standard InChI is InChI=1S/C15H24N2O3/c18-13-4-2-1-3-10(13)8-16-15(20)11-7-14(19)17(9-11)12-5-6-12/h10-13,18H,1-9H2,(H,16,20). The van der Waals surface area contributed by atoms with E-state index >= 15 is 0 Å². The predicted molar refractivity (Wildman–Crippen MR) is 73.8 cm³/mol. The third kappa shape index (κ3) is 2.97. The van der Waals surface area contributed by atoms with Crippen molar-refractivity contribution in [3.05, 3.63) is 0 Å². The molecule has 0 aromatic rings. The van der Waals surface area contributed by atoms with E-state index in [2.05, 4.69) is 5.32 Å². The number of likely N-dealkylation sites (tertiary alicyclic amines) is 1. The van der Waals surface area contributed by atoms with Crippen molar-refractivity contribution in [3.8, 4) is 0 Å². The fourth-order valence-electron chi connectivity index (χ4n) is 3.45. The van der Waals surface area contributed by atoms with Gasteiger partial charge >= 0.3 is 0 Å². The first kappa shape index (κ1) is 13.9. The summed E-state index contributed by atoms with van der Waals surface area (Å²) < 4.78 is 0. The number of carbonyl (C=O) groups is 2. The maximum absolute atomic E-state index is 12.2. The number of amides is 2. The van der Waals surface area contributed by atoms with Gasteiger partial charge < -0.3 is 15.3 Å². The van der Waals surface area contributed by atoms with Crippen LogP contribution >= 0.6 is 0 Å². The van der Waals surface area contributed by atoms with E-state index in [0.29, 0.717) is 25.6 Å². The summed E-state index contributed by atoms with van der Waals surface area (Å²) in [5.41, 5.74) is 0. The fourth-order valence-corrected chi connectivity index (χ4v) is 3.45. The summed E-state index contributed by atoms with van der Waals surface area (Å²) in [6, 6.07) is 0.403. The molecule has 2 amide bonds. The molecule has 2 N–H and O–H groups in total. The summed E-state index contributed by atoms with van der Waals surface area (Å²) in [6.07, 6.45) is 6.31. The molecule has 0 bridgehead atoms. The summed E-state index contributed by atoms with van der Waals surface area (Å²) in [4.78, 5) is 25.9. The molecule has 3 unspecified atom stereocenters. The number of hydrogen-bond donors (Lipinski definition) is 2. The number of aliphatic hydroxyl groups is 1. The molecule has 3 aliphatic rings. The molecule has 20 heavy (non-hydrogen) atoms. The van der Waals surface area contributed by atoms with Gasteiger partial charge in [0.1, 0.15) is 0 Å². The smallest absolute Gasteiger partial charge is 0.225 e. The molecule has 3 rings (SSSR count). The molecule has 112 valence electrons. The number of rotatable bonds is 4. The average Bonchev–Trinajstić information content (AvgIpc) is 3.20. The van der Waals surface area contributed by atoms with Crippen LogP contribution in [0.5, 0.6) is 0 Å². The van der Waals surface area contributed by atoms with Crippen molar-refractivity contribution in [2.45, 2.75) is 57.1 Å². The summed E-state index contributed by atoms with van der Waals surface area (Å²) in [5.74, 6) is 0.109. The Morgan fingerprint density at radius 2 is 2.00 bits per heavy atom. The predicted octanol–water partition coefficient (Wildman–Crippen LogP) is 0.665. The SMILES string of the molecule is O=C(NCC1CCCCC1O)C1CC(=O)N(C2CC2)C1. The van der Waals surface area contributed by atoms with Gasteiger partial charge in [-0.2, -0.15) is 0 Å². The summed E-state index contributed by atoms with van der Waals surface area (Å²) in [7, 11) is 0. The minimum atomic E-state index is -0.280. The molecule has 2 saturated carbocycles. The van der Waals surface area contributed by atoms with Crippen LogP contribution in [0.4, 0.5) is 0 Å². The zero-order valence-electron chi connectivity index (χ0n) is 11.9. The van der Waals surface area contributed by atoms with E-state index in [4.69, 9.17) is 0 Å². The van der Waals surface area contributed by atoms with E-state index in [1.165, 1.54) is 0 Å². The van der Waals surface area contributed by atoms with Crippen molar-refractivity contribution in [2.75, 3.05) is 13.1 Å². The summed E-state index contributed by atoms with van der Waals surface area (Å²) in [5, 5.41) is 12.8. The molecule has 0 radical (unpaired) electrons. The van der Waals surface area contributed by atoms with E-state index in [1.807, 2.05) is 4.90 Å². The molecule has 1 heterocycles. The lowest BCUT2D eigenvalue weighted by atomic mass is 9.86. The van der Waals surface area contributed by atoms with E-state index in [0.717, 1.165) is 38.5 Å². The highest BCUT2D eigenvalue weighted by Crippen LogP contribution is 2.32. The minimum Gasteiger partial charge on any atom is -0.393 e. The Morgan fingerprint density at radius 1 is 1.25 bits per heavy atom. The van der Waals surface area contributed by atoms with Gasteiger partial charge in [0.15, 0.2) is 0 Å². The van der Waals surface area contributed by atoms with Gasteiger partial charge in [0.05, 0.1) is 12.0 Å². The highest BCUT2D eigenvalue weighted by Gasteiger charge is 2.41. The molecular formula is C15H24N2O3. The summed E-state index contributed by atoms with van der Waals surface area (Å²) in [6.45, 7) is 1.14. The molecule has 0 spiro atoms. The van der Waals surface area contributed by atoms with Gasteiger partial charge in [-0.15, -0.1) is 0 Å². The average molecular weight is 280 g/mol. The van der Waals surface area contributed by atoms with Crippen LogP contribution in [0.25, 0.3) is 0 Å². The van der Waals surface area contributed by atoms with Crippen molar-refractivity contribution in [1.29, 1.82) is 0 Å². The quantitative estimate of drug-likeness (QED) is 0.795. The Bertz CT molecular complexity index is 395. The molecule has 5 nitrogen and oxygen atoms in total. The van der Waals surface area contributed by atoms with Crippen LogP contribution in [0.1, 0.15) is 44.9 Å². The lowest BCUT2D eigenvalue weighted by molar-refractivity contribution is -0.129. The summed E-state index contributed by atoms with van der Waals surface area (Å²) >= 11 is 0. The van der Waals surface area contributed by atoms with Crippen LogP contribution in [-0.4, -0.2) is 47.1 Å². The van der Waals surface area contributed by atoms with Gasteiger partial charge in [-0.25, -0.2) is 0 Å². The molecule has 3 atom stereocenters. The third-order valence-electron chi connectivity index (χ3n) is 4.92. The van der Waals surface area contributed by atoms with Crippen molar-refractivity contribution >= 4 is 11.8 Å². The van der Waals surface area contributed by atoms with E-state index in [9.17, 15) is 14.7 Å². The lowest BCUT2D eigenvalue weighted by Gasteiger charge is -2.28. The second kappa shape index (κ2) is 5.72. The number of nitrogens with one attached hydrogen (secondary N) is 1. The van der Waals surface area contributed by atoms with Crippen molar-refractivity contribution in [2.24, 2.45) is 11.8 Å². The van der Waals surface area contributed by atoms with Gasteiger partial charge in [-0.05, 0) is 25.7 Å². The van der Waals surface area contributed by atoms with E-state index < -0.39 is 0 Å². The Balaban J connectivity index is 1.46. The first-order chi connectivity index (χ1) is 9.65. The highest BCUT2D eigenvalue weighted by atomic mass is 16.3. The van der Waals surface area contributed by atoms with Crippen molar-refractivity contribution < 1.29 is 14.7 Å². The topological polar surface area (TPSA) is 69.6 Å². The Labute approximate surface area is 119 Å². The maximum atomic E-state index is 12.2. The lowest BCUT2D eigenvalue weighted by Crippen LogP contribution is -2.40. The van der Waals surface area contributed by atoms with Crippen LogP contribution in [0.3, 0.4) is 0 Å². The zero-order chi connectivity index (χ0) is 14.1. The van der Waals surface area contributed by atoms with Crippen molar-refractivity contribution in [1.82, 2.24) is 10.2 Å². The van der Waals surface area contributed by atoms with Gasteiger partial charge in [0.2, 0.25) is 11.8 Å². The zero-order valence-corrected chi connectivity index (χ0v) is 11.9. The van der Waals surface area contributed by atoms with Crippen LogP contribution in [-0.2, 0) is 9.59 Å². The third-order valence-corrected chi connectivity index (χ3v) is 4.92. The number of aliphatic hydroxyl groups excluding tert-OH is 1. The first-order valence-electron chi connectivity index (χ1n) is 7.90. The first-order valence-corrected chi connectivity index (χ1v) is 7.90. The van der Waals surface area contributed by atoms with Crippen molar-refractivity contribution in [3.63, 3.8) is 0 Å². The second-order valence-electron chi connectivity index (χ2n) is 6.54. The maximum Gasteiger partial charge on any atom is 0.225 e. The van der Waals surface area contributed by atoms with Gasteiger partial charge in [-0.3, -0.25) is 9.59 Å². The van der Waals surface area contributed by atoms with Gasteiger partial charge in [0, 0.05) is 31.5 Å². The second-order valence-corrected chi connectivity index (χ2v) is 6.54. The van der Waals surface area contributed by atoms with Gasteiger partial charge in [0.25, 0.3) is 0 Å². The molecule has 3 fully saturated rings. The monoisotopic (exact) mass is 280 g/mol. The molecular weight excluding hydrogens is 256 g/mol. The highest BCUT2D eigenvalue weighted by molar-refractivity contribution is 5.89. The number of nitrogens with zero attached hydrogens (tertiary/aromatic N) is 1. The minimum absolute atomic E-state index is 0.0146. The molecule has 0 aromatic carbocycles. The van der Waals surface area contributed by atoms with Crippen LogP contribution in [0.15, 0.2) is 0 Å². The number of hydrogen-bond acceptors (Lipinski definition) is 3. The molecule has 5 heteroatoms.